The minimum absolute atomic E-state index is 0.0858. The first-order valence-corrected chi connectivity index (χ1v) is 3.86. The Balaban J connectivity index is 3.21. The van der Waals surface area contributed by atoms with Crippen molar-refractivity contribution in [2.24, 2.45) is 0 Å². The molecule has 0 aliphatic heterocycles. The van der Waals surface area contributed by atoms with Crippen LogP contribution in [-0.2, 0) is 6.18 Å². The predicted octanol–water partition coefficient (Wildman–Crippen LogP) is 2.90. The van der Waals surface area contributed by atoms with Gasteiger partial charge in [-0.25, -0.2) is 4.39 Å². The number of aliphatic hydroxyl groups excluding tert-OH is 1. The second-order valence-corrected chi connectivity index (χ2v) is 2.95. The molecule has 1 aromatic carbocycles. The summed E-state index contributed by atoms with van der Waals surface area (Å²) in [5.41, 5.74) is -1.18. The molecule has 0 aliphatic carbocycles. The fraction of sp³-hybridized carbons (Fsp3) is 0.333. The molecule has 0 unspecified atom stereocenters. The molecule has 1 nitrogen and oxygen atoms in total. The summed E-state index contributed by atoms with van der Waals surface area (Å²) < 4.78 is 49.2. The van der Waals surface area contributed by atoms with Crippen molar-refractivity contribution in [2.75, 3.05) is 0 Å². The van der Waals surface area contributed by atoms with Gasteiger partial charge >= 0.3 is 6.18 Å². The topological polar surface area (TPSA) is 20.2 Å². The molecule has 0 heterocycles. The maximum Gasteiger partial charge on any atom is 0.416 e. The van der Waals surface area contributed by atoms with Crippen LogP contribution in [0.3, 0.4) is 0 Å². The van der Waals surface area contributed by atoms with Crippen LogP contribution < -0.4 is 0 Å². The van der Waals surface area contributed by atoms with E-state index in [-0.39, 0.29) is 5.56 Å². The van der Waals surface area contributed by atoms with E-state index in [0.29, 0.717) is 6.07 Å². The smallest absolute Gasteiger partial charge is 0.389 e. The quantitative estimate of drug-likeness (QED) is 0.703. The number of hydrogen-bond acceptors (Lipinski definition) is 1. The Labute approximate surface area is 78.0 Å². The zero-order valence-electron chi connectivity index (χ0n) is 7.27. The van der Waals surface area contributed by atoms with Gasteiger partial charge < -0.3 is 5.11 Å². The molecular formula is C9H8F4O. The van der Waals surface area contributed by atoms with Gasteiger partial charge in [0.15, 0.2) is 0 Å². The monoisotopic (exact) mass is 208 g/mol. The van der Waals surface area contributed by atoms with E-state index in [1.807, 2.05) is 0 Å². The molecule has 14 heavy (non-hydrogen) atoms. The molecule has 0 spiro atoms. The zero-order chi connectivity index (χ0) is 10.9. The van der Waals surface area contributed by atoms with E-state index in [1.54, 1.807) is 0 Å². The van der Waals surface area contributed by atoms with Crippen molar-refractivity contribution >= 4 is 0 Å². The van der Waals surface area contributed by atoms with Crippen LogP contribution in [0.2, 0.25) is 0 Å². The van der Waals surface area contributed by atoms with Gasteiger partial charge in [-0.3, -0.25) is 0 Å². The van der Waals surface area contributed by atoms with Gasteiger partial charge in [0.05, 0.1) is 11.7 Å². The Bertz CT molecular complexity index is 330. The predicted molar refractivity (Wildman–Crippen MR) is 42.0 cm³/mol. The van der Waals surface area contributed by atoms with Crippen LogP contribution in [0, 0.1) is 5.82 Å². The number of benzene rings is 1. The molecule has 1 N–H and O–H groups in total. The summed E-state index contributed by atoms with van der Waals surface area (Å²) in [4.78, 5) is 0. The summed E-state index contributed by atoms with van der Waals surface area (Å²) in [7, 11) is 0. The Kier molecular flexibility index (Phi) is 2.80. The summed E-state index contributed by atoms with van der Waals surface area (Å²) in [6.07, 6.45) is -5.71. The average molecular weight is 208 g/mol. The van der Waals surface area contributed by atoms with Crippen molar-refractivity contribution in [2.45, 2.75) is 19.2 Å². The Morgan fingerprint density at radius 2 is 1.79 bits per heavy atom. The first kappa shape index (κ1) is 11.0. The summed E-state index contributed by atoms with van der Waals surface area (Å²) in [6, 6.07) is 2.00. The van der Waals surface area contributed by atoms with Crippen molar-refractivity contribution in [3.63, 3.8) is 0 Å². The van der Waals surface area contributed by atoms with Crippen LogP contribution in [0.25, 0.3) is 0 Å². The molecule has 1 rings (SSSR count). The van der Waals surface area contributed by atoms with Crippen LogP contribution >= 0.6 is 0 Å². The third-order valence-electron chi connectivity index (χ3n) is 1.73. The molecular weight excluding hydrogens is 200 g/mol. The highest BCUT2D eigenvalue weighted by Gasteiger charge is 2.31. The van der Waals surface area contributed by atoms with Gasteiger partial charge in [0, 0.05) is 0 Å². The first-order valence-electron chi connectivity index (χ1n) is 3.86. The Hall–Kier alpha value is -1.10. The van der Waals surface area contributed by atoms with E-state index >= 15 is 0 Å². The molecule has 0 radical (unpaired) electrons. The summed E-state index contributed by atoms with van der Waals surface area (Å²) >= 11 is 0. The maximum absolute atomic E-state index is 12.7. The molecule has 1 aromatic rings. The third-order valence-corrected chi connectivity index (χ3v) is 1.73. The fourth-order valence-corrected chi connectivity index (χ4v) is 1.02. The SMILES string of the molecule is C[C@@H](O)c1cc(F)cc(C(F)(F)F)c1. The summed E-state index contributed by atoms with van der Waals surface area (Å²) in [5.74, 6) is -1.00. The van der Waals surface area contributed by atoms with Crippen LogP contribution in [-0.4, -0.2) is 5.11 Å². The van der Waals surface area contributed by atoms with E-state index < -0.39 is 23.7 Å². The highest BCUT2D eigenvalue weighted by molar-refractivity contribution is 5.27. The molecule has 0 amide bonds. The van der Waals surface area contributed by atoms with Crippen molar-refractivity contribution in [3.8, 4) is 0 Å². The second-order valence-electron chi connectivity index (χ2n) is 2.95. The maximum atomic E-state index is 12.7. The lowest BCUT2D eigenvalue weighted by Gasteiger charge is -2.10. The van der Waals surface area contributed by atoms with Crippen molar-refractivity contribution in [1.29, 1.82) is 0 Å². The van der Waals surface area contributed by atoms with E-state index in [2.05, 4.69) is 0 Å². The normalized spacial score (nSPS) is 14.1. The molecule has 0 bridgehead atoms. The van der Waals surface area contributed by atoms with Gasteiger partial charge in [0.25, 0.3) is 0 Å². The number of rotatable bonds is 1. The lowest BCUT2D eigenvalue weighted by molar-refractivity contribution is -0.137. The molecule has 0 aliphatic rings. The van der Waals surface area contributed by atoms with Crippen LogP contribution in [0.1, 0.15) is 24.2 Å². The van der Waals surface area contributed by atoms with Gasteiger partial charge in [0.2, 0.25) is 0 Å². The van der Waals surface area contributed by atoms with Gasteiger partial charge in [-0.15, -0.1) is 0 Å². The molecule has 1 atom stereocenters. The van der Waals surface area contributed by atoms with Gasteiger partial charge in [-0.05, 0) is 30.7 Å². The standard InChI is InChI=1S/C9H8F4O/c1-5(14)6-2-7(9(11,12)13)4-8(10)3-6/h2-5,14H,1H3/t5-/m1/s1. The highest BCUT2D eigenvalue weighted by Crippen LogP contribution is 2.31. The van der Waals surface area contributed by atoms with Crippen molar-refractivity contribution in [1.82, 2.24) is 0 Å². The van der Waals surface area contributed by atoms with Crippen LogP contribution in [0.4, 0.5) is 17.6 Å². The first-order chi connectivity index (χ1) is 6.30. The van der Waals surface area contributed by atoms with Crippen molar-refractivity contribution < 1.29 is 22.7 Å². The van der Waals surface area contributed by atoms with Crippen molar-refractivity contribution in [3.05, 3.63) is 35.1 Å². The summed E-state index contributed by atoms with van der Waals surface area (Å²) in [6.45, 7) is 1.27. The molecule has 0 saturated heterocycles. The third kappa shape index (κ3) is 2.45. The fourth-order valence-electron chi connectivity index (χ4n) is 1.02. The number of halogens is 4. The van der Waals surface area contributed by atoms with Gasteiger partial charge in [0.1, 0.15) is 5.82 Å². The second kappa shape index (κ2) is 3.57. The van der Waals surface area contributed by atoms with E-state index in [0.717, 1.165) is 12.1 Å². The lowest BCUT2D eigenvalue weighted by Crippen LogP contribution is -2.07. The largest absolute Gasteiger partial charge is 0.416 e. The minimum atomic E-state index is -4.59. The van der Waals surface area contributed by atoms with Gasteiger partial charge in [-0.1, -0.05) is 0 Å². The molecule has 78 valence electrons. The zero-order valence-corrected chi connectivity index (χ0v) is 7.27. The number of alkyl halides is 3. The van der Waals surface area contributed by atoms with E-state index in [1.165, 1.54) is 6.92 Å². The molecule has 0 aromatic heterocycles. The van der Waals surface area contributed by atoms with Crippen LogP contribution in [0.5, 0.6) is 0 Å². The highest BCUT2D eigenvalue weighted by atomic mass is 19.4. The minimum Gasteiger partial charge on any atom is -0.389 e. The molecule has 5 heteroatoms. The average Bonchev–Trinajstić information content (AvgIpc) is 2.01. The molecule has 0 saturated carbocycles. The number of hydrogen-bond donors (Lipinski definition) is 1. The molecule has 0 fully saturated rings. The summed E-state index contributed by atoms with van der Waals surface area (Å²) in [5, 5.41) is 9.00. The Morgan fingerprint density at radius 3 is 2.21 bits per heavy atom. The number of aliphatic hydroxyl groups is 1. The lowest BCUT2D eigenvalue weighted by atomic mass is 10.1. The Morgan fingerprint density at radius 1 is 1.21 bits per heavy atom. The van der Waals surface area contributed by atoms with Crippen LogP contribution in [0.15, 0.2) is 18.2 Å². The van der Waals surface area contributed by atoms with E-state index in [9.17, 15) is 17.6 Å². The van der Waals surface area contributed by atoms with E-state index in [4.69, 9.17) is 5.11 Å². The van der Waals surface area contributed by atoms with Gasteiger partial charge in [-0.2, -0.15) is 13.2 Å².